The molecule has 1 atom stereocenters. The third kappa shape index (κ3) is 5.61. The average molecular weight is 339 g/mol. The molecule has 4 heteroatoms. The molecule has 2 aromatic carbocycles. The Morgan fingerprint density at radius 1 is 1.12 bits per heavy atom. The molecular formula is C21H25NO3. The Kier molecular flexibility index (Phi) is 6.46. The van der Waals surface area contributed by atoms with Crippen molar-refractivity contribution in [3.05, 3.63) is 65.7 Å². The second kappa shape index (κ2) is 9.23. The number of benzene rings is 2. The average Bonchev–Trinajstić information content (AvgIpc) is 3.18. The topological polar surface area (TPSA) is 47.6 Å². The minimum absolute atomic E-state index is 0.0428. The molecule has 2 aromatic rings. The number of hydrogen-bond acceptors (Lipinski definition) is 3. The van der Waals surface area contributed by atoms with Crippen LogP contribution in [0.4, 0.5) is 0 Å². The molecule has 1 fully saturated rings. The van der Waals surface area contributed by atoms with Crippen molar-refractivity contribution in [2.75, 3.05) is 19.8 Å². The zero-order valence-corrected chi connectivity index (χ0v) is 14.4. The standard InChI is InChI=1S/C21H25NO3/c23-21(22-14-4-8-17-6-2-1-3-7-17)18-10-12-19(13-11-18)25-16-20-9-5-15-24-20/h1-3,6-7,10-13,20H,4-5,8-9,14-16H2,(H,22,23). The molecule has 0 bridgehead atoms. The summed E-state index contributed by atoms with van der Waals surface area (Å²) in [6, 6.07) is 17.6. The number of amides is 1. The summed E-state index contributed by atoms with van der Waals surface area (Å²) in [5.74, 6) is 0.731. The Morgan fingerprint density at radius 2 is 1.92 bits per heavy atom. The monoisotopic (exact) mass is 339 g/mol. The van der Waals surface area contributed by atoms with E-state index in [1.807, 2.05) is 30.3 Å². The number of hydrogen-bond donors (Lipinski definition) is 1. The van der Waals surface area contributed by atoms with Crippen molar-refractivity contribution in [2.45, 2.75) is 31.8 Å². The molecule has 0 aliphatic carbocycles. The maximum Gasteiger partial charge on any atom is 0.251 e. The van der Waals surface area contributed by atoms with E-state index in [4.69, 9.17) is 9.47 Å². The molecule has 0 radical (unpaired) electrons. The normalized spacial score (nSPS) is 16.6. The van der Waals surface area contributed by atoms with E-state index in [9.17, 15) is 4.79 Å². The van der Waals surface area contributed by atoms with E-state index < -0.39 is 0 Å². The minimum Gasteiger partial charge on any atom is -0.491 e. The number of nitrogens with one attached hydrogen (secondary N) is 1. The molecular weight excluding hydrogens is 314 g/mol. The summed E-state index contributed by atoms with van der Waals surface area (Å²) in [6.07, 6.45) is 4.27. The first-order valence-electron chi connectivity index (χ1n) is 8.98. The number of carbonyl (C=O) groups is 1. The second-order valence-corrected chi connectivity index (χ2v) is 6.32. The van der Waals surface area contributed by atoms with Gasteiger partial charge in [0.15, 0.2) is 0 Å². The molecule has 1 N–H and O–H groups in total. The molecule has 0 saturated carbocycles. The van der Waals surface area contributed by atoms with Crippen LogP contribution in [-0.2, 0) is 11.2 Å². The Bertz CT molecular complexity index is 649. The van der Waals surface area contributed by atoms with Crippen molar-refractivity contribution in [2.24, 2.45) is 0 Å². The van der Waals surface area contributed by atoms with E-state index in [1.165, 1.54) is 5.56 Å². The summed E-state index contributed by atoms with van der Waals surface area (Å²) < 4.78 is 11.2. The van der Waals surface area contributed by atoms with Crippen LogP contribution in [0.1, 0.15) is 35.2 Å². The number of carbonyl (C=O) groups excluding carboxylic acids is 1. The summed E-state index contributed by atoms with van der Waals surface area (Å²) in [7, 11) is 0. The zero-order valence-electron chi connectivity index (χ0n) is 14.4. The minimum atomic E-state index is -0.0428. The second-order valence-electron chi connectivity index (χ2n) is 6.32. The lowest BCUT2D eigenvalue weighted by molar-refractivity contribution is 0.0679. The number of aryl methyl sites for hydroxylation is 1. The SMILES string of the molecule is O=C(NCCCc1ccccc1)c1ccc(OCC2CCCO2)cc1. The van der Waals surface area contributed by atoms with Gasteiger partial charge in [-0.25, -0.2) is 0 Å². The fraction of sp³-hybridized carbons (Fsp3) is 0.381. The Morgan fingerprint density at radius 3 is 2.64 bits per heavy atom. The van der Waals surface area contributed by atoms with Gasteiger partial charge in [-0.05, 0) is 55.5 Å². The lowest BCUT2D eigenvalue weighted by Crippen LogP contribution is -2.24. The van der Waals surface area contributed by atoms with Crippen LogP contribution < -0.4 is 10.1 Å². The van der Waals surface area contributed by atoms with Gasteiger partial charge in [-0.3, -0.25) is 4.79 Å². The summed E-state index contributed by atoms with van der Waals surface area (Å²) in [5.41, 5.74) is 1.95. The van der Waals surface area contributed by atoms with E-state index in [0.717, 1.165) is 38.0 Å². The summed E-state index contributed by atoms with van der Waals surface area (Å²) >= 11 is 0. The predicted molar refractivity (Wildman–Crippen MR) is 98.0 cm³/mol. The Hall–Kier alpha value is -2.33. The zero-order chi connectivity index (χ0) is 17.3. The molecule has 1 aliphatic heterocycles. The van der Waals surface area contributed by atoms with Crippen LogP contribution in [0, 0.1) is 0 Å². The lowest BCUT2D eigenvalue weighted by Gasteiger charge is -2.11. The molecule has 3 rings (SSSR count). The third-order valence-electron chi connectivity index (χ3n) is 4.35. The van der Waals surface area contributed by atoms with Gasteiger partial charge in [0.1, 0.15) is 12.4 Å². The van der Waals surface area contributed by atoms with Crippen LogP contribution in [0.3, 0.4) is 0 Å². The van der Waals surface area contributed by atoms with Gasteiger partial charge in [-0.2, -0.15) is 0 Å². The van der Waals surface area contributed by atoms with E-state index >= 15 is 0 Å². The van der Waals surface area contributed by atoms with Crippen molar-refractivity contribution in [3.8, 4) is 5.75 Å². The van der Waals surface area contributed by atoms with Crippen LogP contribution in [0.2, 0.25) is 0 Å². The highest BCUT2D eigenvalue weighted by Crippen LogP contribution is 2.16. The molecule has 0 aromatic heterocycles. The first kappa shape index (κ1) is 17.5. The summed E-state index contributed by atoms with van der Waals surface area (Å²) in [6.45, 7) is 2.08. The van der Waals surface area contributed by atoms with Crippen molar-refractivity contribution in [3.63, 3.8) is 0 Å². The Balaban J connectivity index is 1.38. The number of ether oxygens (including phenoxy) is 2. The maximum atomic E-state index is 12.2. The molecule has 1 aliphatic rings. The van der Waals surface area contributed by atoms with Crippen LogP contribution in [0.5, 0.6) is 5.75 Å². The highest BCUT2D eigenvalue weighted by Gasteiger charge is 2.16. The molecule has 1 saturated heterocycles. The Labute approximate surface area is 149 Å². The van der Waals surface area contributed by atoms with Crippen molar-refractivity contribution in [1.82, 2.24) is 5.32 Å². The molecule has 25 heavy (non-hydrogen) atoms. The summed E-state index contributed by atoms with van der Waals surface area (Å²) in [4.78, 5) is 12.2. The highest BCUT2D eigenvalue weighted by atomic mass is 16.5. The van der Waals surface area contributed by atoms with Crippen molar-refractivity contribution in [1.29, 1.82) is 0 Å². The molecule has 132 valence electrons. The van der Waals surface area contributed by atoms with E-state index in [2.05, 4.69) is 17.4 Å². The van der Waals surface area contributed by atoms with Gasteiger partial charge in [0.25, 0.3) is 5.91 Å². The highest BCUT2D eigenvalue weighted by molar-refractivity contribution is 5.94. The first-order chi connectivity index (χ1) is 12.3. The van der Waals surface area contributed by atoms with E-state index in [0.29, 0.717) is 18.7 Å². The van der Waals surface area contributed by atoms with Crippen LogP contribution >= 0.6 is 0 Å². The van der Waals surface area contributed by atoms with Gasteiger partial charge in [0, 0.05) is 18.7 Å². The quantitative estimate of drug-likeness (QED) is 0.748. The van der Waals surface area contributed by atoms with E-state index in [-0.39, 0.29) is 12.0 Å². The van der Waals surface area contributed by atoms with Gasteiger partial charge < -0.3 is 14.8 Å². The smallest absolute Gasteiger partial charge is 0.251 e. The molecule has 1 heterocycles. The van der Waals surface area contributed by atoms with Crippen molar-refractivity contribution >= 4 is 5.91 Å². The molecule has 0 spiro atoms. The summed E-state index contributed by atoms with van der Waals surface area (Å²) in [5, 5.41) is 2.97. The predicted octanol–water partition coefficient (Wildman–Crippen LogP) is 3.61. The van der Waals surface area contributed by atoms with Crippen molar-refractivity contribution < 1.29 is 14.3 Å². The fourth-order valence-electron chi connectivity index (χ4n) is 2.91. The maximum absolute atomic E-state index is 12.2. The molecule has 1 unspecified atom stereocenters. The fourth-order valence-corrected chi connectivity index (χ4v) is 2.91. The largest absolute Gasteiger partial charge is 0.491 e. The number of rotatable bonds is 8. The van der Waals surface area contributed by atoms with Gasteiger partial charge in [0.05, 0.1) is 6.10 Å². The molecule has 4 nitrogen and oxygen atoms in total. The van der Waals surface area contributed by atoms with Crippen LogP contribution in [-0.4, -0.2) is 31.8 Å². The van der Waals surface area contributed by atoms with Gasteiger partial charge in [-0.1, -0.05) is 30.3 Å². The first-order valence-corrected chi connectivity index (χ1v) is 8.98. The molecule has 1 amide bonds. The van der Waals surface area contributed by atoms with Crippen LogP contribution in [0.25, 0.3) is 0 Å². The van der Waals surface area contributed by atoms with E-state index in [1.54, 1.807) is 12.1 Å². The van der Waals surface area contributed by atoms with Gasteiger partial charge >= 0.3 is 0 Å². The third-order valence-corrected chi connectivity index (χ3v) is 4.35. The van der Waals surface area contributed by atoms with Gasteiger partial charge in [0.2, 0.25) is 0 Å². The van der Waals surface area contributed by atoms with Crippen LogP contribution in [0.15, 0.2) is 54.6 Å². The lowest BCUT2D eigenvalue weighted by atomic mass is 10.1. The van der Waals surface area contributed by atoms with Gasteiger partial charge in [-0.15, -0.1) is 0 Å².